The van der Waals surface area contributed by atoms with Crippen LogP contribution in [0.25, 0.3) is 11.0 Å². The van der Waals surface area contributed by atoms with Crippen LogP contribution in [0.15, 0.2) is 55.1 Å². The summed E-state index contributed by atoms with van der Waals surface area (Å²) < 4.78 is 8.37. The van der Waals surface area contributed by atoms with Crippen molar-refractivity contribution in [3.8, 4) is 5.75 Å². The second-order valence-corrected chi connectivity index (χ2v) is 7.46. The van der Waals surface area contributed by atoms with E-state index in [-0.39, 0.29) is 5.91 Å². The second kappa shape index (κ2) is 9.41. The summed E-state index contributed by atoms with van der Waals surface area (Å²) in [6, 6.07) is 14.5. The molecule has 1 aromatic heterocycles. The third kappa shape index (κ3) is 5.05. The van der Waals surface area contributed by atoms with Crippen molar-refractivity contribution in [1.82, 2.24) is 14.9 Å². The number of nitrogens with one attached hydrogen (secondary N) is 1. The number of nitrogens with zero attached hydrogens (tertiary/aromatic N) is 2. The van der Waals surface area contributed by atoms with Crippen molar-refractivity contribution in [2.24, 2.45) is 0 Å². The van der Waals surface area contributed by atoms with Crippen LogP contribution in [-0.2, 0) is 17.8 Å². The summed E-state index contributed by atoms with van der Waals surface area (Å²) in [5.74, 6) is 2.12. The van der Waals surface area contributed by atoms with Gasteiger partial charge in [-0.05, 0) is 48.2 Å². The van der Waals surface area contributed by atoms with Crippen molar-refractivity contribution in [2.75, 3.05) is 13.2 Å². The number of benzene rings is 2. The number of ether oxygens (including phenoxy) is 1. The highest BCUT2D eigenvalue weighted by molar-refractivity contribution is 5.86. The minimum absolute atomic E-state index is 0.170. The van der Waals surface area contributed by atoms with Crippen LogP contribution in [0.3, 0.4) is 0 Å². The van der Waals surface area contributed by atoms with Crippen LogP contribution in [0.4, 0.5) is 0 Å². The van der Waals surface area contributed by atoms with Crippen molar-refractivity contribution in [2.45, 2.75) is 39.7 Å². The number of amides is 1. The van der Waals surface area contributed by atoms with E-state index in [1.165, 1.54) is 17.2 Å². The topological polar surface area (TPSA) is 56.2 Å². The van der Waals surface area contributed by atoms with E-state index >= 15 is 0 Å². The van der Waals surface area contributed by atoms with Gasteiger partial charge in [-0.25, -0.2) is 4.98 Å². The van der Waals surface area contributed by atoms with E-state index in [1.807, 2.05) is 18.2 Å². The highest BCUT2D eigenvalue weighted by Gasteiger charge is 2.12. The van der Waals surface area contributed by atoms with Gasteiger partial charge in [0.25, 0.3) is 0 Å². The van der Waals surface area contributed by atoms with E-state index < -0.39 is 0 Å². The highest BCUT2D eigenvalue weighted by Crippen LogP contribution is 2.27. The molecular weight excluding hydrogens is 362 g/mol. The lowest BCUT2D eigenvalue weighted by Gasteiger charge is -2.16. The molecule has 0 spiro atoms. The highest BCUT2D eigenvalue weighted by atomic mass is 16.5. The molecule has 0 aliphatic rings. The van der Waals surface area contributed by atoms with Gasteiger partial charge in [-0.1, -0.05) is 44.7 Å². The van der Waals surface area contributed by atoms with Crippen molar-refractivity contribution in [3.63, 3.8) is 0 Å². The average molecular weight is 392 g/mol. The Morgan fingerprint density at radius 3 is 2.83 bits per heavy atom. The zero-order chi connectivity index (χ0) is 20.8. The van der Waals surface area contributed by atoms with Crippen molar-refractivity contribution >= 4 is 16.9 Å². The molecule has 5 nitrogen and oxygen atoms in total. The van der Waals surface area contributed by atoms with Crippen molar-refractivity contribution in [3.05, 3.63) is 72.1 Å². The number of fused-ring (bicyclic) bond motifs is 1. The first-order valence-corrected chi connectivity index (χ1v) is 10.1. The zero-order valence-electron chi connectivity index (χ0n) is 17.4. The molecule has 3 aromatic rings. The molecule has 0 aliphatic heterocycles. The Balaban J connectivity index is 1.75. The fourth-order valence-electron chi connectivity index (χ4n) is 3.43. The van der Waals surface area contributed by atoms with E-state index in [9.17, 15) is 4.79 Å². The minimum Gasteiger partial charge on any atom is -0.491 e. The molecule has 0 atom stereocenters. The lowest BCUT2D eigenvalue weighted by molar-refractivity contribution is -0.116. The first-order chi connectivity index (χ1) is 14.0. The van der Waals surface area contributed by atoms with Gasteiger partial charge in [0.05, 0.1) is 17.6 Å². The van der Waals surface area contributed by atoms with Crippen LogP contribution in [0, 0.1) is 6.92 Å². The van der Waals surface area contributed by atoms with Crippen LogP contribution < -0.4 is 10.1 Å². The van der Waals surface area contributed by atoms with Gasteiger partial charge in [0.2, 0.25) is 5.91 Å². The van der Waals surface area contributed by atoms with Gasteiger partial charge in [-0.3, -0.25) is 4.79 Å². The number of aryl methyl sites for hydroxylation is 1. The number of carbonyl (C=O) groups is 1. The predicted molar refractivity (Wildman–Crippen MR) is 117 cm³/mol. The molecule has 5 heteroatoms. The normalized spacial score (nSPS) is 11.0. The molecular formula is C24H29N3O2. The maximum absolute atomic E-state index is 11.4. The van der Waals surface area contributed by atoms with E-state index in [0.29, 0.717) is 32.0 Å². The minimum atomic E-state index is -0.170. The number of aromatic nitrogens is 2. The molecule has 1 heterocycles. The third-order valence-electron chi connectivity index (χ3n) is 4.93. The van der Waals surface area contributed by atoms with Gasteiger partial charge in [-0.2, -0.15) is 0 Å². The lowest BCUT2D eigenvalue weighted by atomic mass is 10.0. The summed E-state index contributed by atoms with van der Waals surface area (Å²) >= 11 is 0. The Bertz CT molecular complexity index is 1000. The number of carbonyl (C=O) groups excluding carboxylic acids is 1. The molecule has 29 heavy (non-hydrogen) atoms. The van der Waals surface area contributed by atoms with Crippen LogP contribution >= 0.6 is 0 Å². The van der Waals surface area contributed by atoms with Gasteiger partial charge in [0.1, 0.15) is 18.2 Å². The second-order valence-electron chi connectivity index (χ2n) is 7.46. The Labute approximate surface area is 172 Å². The summed E-state index contributed by atoms with van der Waals surface area (Å²) in [6.45, 7) is 11.7. The molecule has 0 saturated carbocycles. The molecule has 0 radical (unpaired) electrons. The Kier molecular flexibility index (Phi) is 6.70. The molecule has 0 saturated heterocycles. The summed E-state index contributed by atoms with van der Waals surface area (Å²) in [4.78, 5) is 16.2. The van der Waals surface area contributed by atoms with Crippen molar-refractivity contribution < 1.29 is 9.53 Å². The Morgan fingerprint density at radius 2 is 2.07 bits per heavy atom. The van der Waals surface area contributed by atoms with E-state index in [0.717, 1.165) is 22.6 Å². The van der Waals surface area contributed by atoms with Gasteiger partial charge < -0.3 is 14.6 Å². The lowest BCUT2D eigenvalue weighted by Crippen LogP contribution is -2.24. The van der Waals surface area contributed by atoms with Gasteiger partial charge >= 0.3 is 0 Å². The first-order valence-electron chi connectivity index (χ1n) is 10.1. The Hall–Kier alpha value is -3.08. The molecule has 0 aliphatic carbocycles. The molecule has 152 valence electrons. The number of hydrogen-bond donors (Lipinski definition) is 1. The molecule has 1 amide bonds. The van der Waals surface area contributed by atoms with E-state index in [4.69, 9.17) is 9.72 Å². The van der Waals surface area contributed by atoms with E-state index in [1.54, 1.807) is 0 Å². The maximum atomic E-state index is 11.4. The van der Waals surface area contributed by atoms with Gasteiger partial charge in [-0.15, -0.1) is 0 Å². The fraction of sp³-hybridized carbons (Fsp3) is 0.333. The number of hydrogen-bond acceptors (Lipinski definition) is 3. The average Bonchev–Trinajstić information content (AvgIpc) is 3.05. The number of imidazole rings is 1. The number of rotatable bonds is 9. The molecule has 1 N–H and O–H groups in total. The molecule has 0 fully saturated rings. The molecule has 0 bridgehead atoms. The largest absolute Gasteiger partial charge is 0.491 e. The fourth-order valence-corrected chi connectivity index (χ4v) is 3.43. The van der Waals surface area contributed by atoms with Gasteiger partial charge in [0.15, 0.2) is 0 Å². The van der Waals surface area contributed by atoms with Crippen LogP contribution in [-0.4, -0.2) is 28.6 Å². The van der Waals surface area contributed by atoms with Crippen molar-refractivity contribution in [1.29, 1.82) is 0 Å². The molecule has 2 aromatic carbocycles. The predicted octanol–water partition coefficient (Wildman–Crippen LogP) is 4.39. The Morgan fingerprint density at radius 1 is 1.28 bits per heavy atom. The maximum Gasteiger partial charge on any atom is 0.243 e. The smallest absolute Gasteiger partial charge is 0.243 e. The zero-order valence-corrected chi connectivity index (χ0v) is 17.4. The van der Waals surface area contributed by atoms with Crippen LogP contribution in [0.5, 0.6) is 5.75 Å². The van der Waals surface area contributed by atoms with Crippen LogP contribution in [0.1, 0.15) is 36.7 Å². The summed E-state index contributed by atoms with van der Waals surface area (Å²) in [5, 5.41) is 2.82. The third-order valence-corrected chi connectivity index (χ3v) is 4.93. The standard InChI is InChI=1S/C24H29N3O2/c1-5-24(28)25-13-12-23-26-20-8-6-7-9-21(20)27(23)14-15-29-22-16-18(4)10-11-19(22)17(2)3/h5-11,16-17H,1,12-15H2,2-4H3,(H,25,28). The van der Waals surface area contributed by atoms with Crippen LogP contribution in [0.2, 0.25) is 0 Å². The monoisotopic (exact) mass is 391 g/mol. The van der Waals surface area contributed by atoms with Gasteiger partial charge in [0, 0.05) is 13.0 Å². The summed E-state index contributed by atoms with van der Waals surface area (Å²) in [6.07, 6.45) is 1.93. The summed E-state index contributed by atoms with van der Waals surface area (Å²) in [5.41, 5.74) is 4.44. The van der Waals surface area contributed by atoms with E-state index in [2.05, 4.69) is 61.5 Å². The SMILES string of the molecule is C=CC(=O)NCCc1nc2ccccc2n1CCOc1cc(C)ccc1C(C)C. The quantitative estimate of drug-likeness (QED) is 0.550. The number of para-hydroxylation sites is 2. The first kappa shape index (κ1) is 20.6. The molecule has 3 rings (SSSR count). The molecule has 0 unspecified atom stereocenters. The summed E-state index contributed by atoms with van der Waals surface area (Å²) in [7, 11) is 0.